The minimum atomic E-state index is -0.707. The molecule has 0 fully saturated rings. The fourth-order valence-electron chi connectivity index (χ4n) is 3.76. The van der Waals surface area contributed by atoms with Crippen LogP contribution in [-0.4, -0.2) is 39.0 Å². The quantitative estimate of drug-likeness (QED) is 0.550. The number of para-hydroxylation sites is 1. The number of imide groups is 1. The van der Waals surface area contributed by atoms with Gasteiger partial charge in [-0.15, -0.1) is 0 Å². The maximum atomic E-state index is 13.3. The second-order valence-electron chi connectivity index (χ2n) is 9.22. The first-order valence-electron chi connectivity index (χ1n) is 11.3. The predicted octanol–water partition coefficient (Wildman–Crippen LogP) is 4.20. The highest BCUT2D eigenvalue weighted by atomic mass is 16.6. The first kappa shape index (κ1) is 23.2. The third-order valence-corrected chi connectivity index (χ3v) is 5.41. The zero-order valence-corrected chi connectivity index (χ0v) is 19.7. The number of nitrogens with one attached hydrogen (secondary N) is 1. The molecule has 0 unspecified atom stereocenters. The van der Waals surface area contributed by atoms with Crippen LogP contribution >= 0.6 is 0 Å². The fraction of sp³-hybridized carbons (Fsp3) is 0.308. The number of amides is 2. The number of nitrogens with two attached hydrogens (primary N) is 1. The SMILES string of the molecule is CC(C)(C)OC(=O)N1CCc2c(NCc3ccccc3)nc(Cc3ccccc3N)nc2C1=O. The van der Waals surface area contributed by atoms with Crippen molar-refractivity contribution in [3.8, 4) is 0 Å². The lowest BCUT2D eigenvalue weighted by Gasteiger charge is -2.30. The third kappa shape index (κ3) is 5.33. The van der Waals surface area contributed by atoms with E-state index in [1.165, 1.54) is 0 Å². The molecule has 0 spiro atoms. The Morgan fingerprint density at radius 2 is 1.79 bits per heavy atom. The predicted molar refractivity (Wildman–Crippen MR) is 130 cm³/mol. The molecule has 0 atom stereocenters. The topological polar surface area (TPSA) is 110 Å². The molecule has 4 rings (SSSR count). The van der Waals surface area contributed by atoms with Crippen molar-refractivity contribution >= 4 is 23.5 Å². The van der Waals surface area contributed by atoms with Crippen molar-refractivity contribution in [3.63, 3.8) is 0 Å². The average molecular weight is 460 g/mol. The Hall–Kier alpha value is -3.94. The van der Waals surface area contributed by atoms with Gasteiger partial charge in [-0.1, -0.05) is 48.5 Å². The zero-order chi connectivity index (χ0) is 24.3. The number of nitrogens with zero attached hydrogens (tertiary/aromatic N) is 3. The molecule has 3 N–H and O–H groups in total. The molecular formula is C26H29N5O3. The normalized spacial score (nSPS) is 13.4. The van der Waals surface area contributed by atoms with Crippen LogP contribution in [0.4, 0.5) is 16.3 Å². The smallest absolute Gasteiger partial charge is 0.417 e. The minimum absolute atomic E-state index is 0.203. The van der Waals surface area contributed by atoms with Crippen LogP contribution in [0.25, 0.3) is 0 Å². The number of anilines is 2. The van der Waals surface area contributed by atoms with E-state index in [-0.39, 0.29) is 12.2 Å². The van der Waals surface area contributed by atoms with Crippen molar-refractivity contribution in [1.82, 2.24) is 14.9 Å². The van der Waals surface area contributed by atoms with Gasteiger partial charge in [0, 0.05) is 30.8 Å². The molecule has 1 aromatic heterocycles. The van der Waals surface area contributed by atoms with Gasteiger partial charge in [0.1, 0.15) is 22.9 Å². The molecule has 176 valence electrons. The van der Waals surface area contributed by atoms with Crippen LogP contribution in [0.15, 0.2) is 54.6 Å². The lowest BCUT2D eigenvalue weighted by Crippen LogP contribution is -2.45. The van der Waals surface area contributed by atoms with Crippen LogP contribution in [-0.2, 0) is 24.1 Å². The number of carbonyl (C=O) groups is 2. The Labute approximate surface area is 199 Å². The maximum Gasteiger partial charge on any atom is 0.417 e. The molecule has 0 bridgehead atoms. The summed E-state index contributed by atoms with van der Waals surface area (Å²) >= 11 is 0. The number of nitrogen functional groups attached to an aromatic ring is 1. The molecule has 2 heterocycles. The fourth-order valence-corrected chi connectivity index (χ4v) is 3.76. The Bertz CT molecular complexity index is 1200. The highest BCUT2D eigenvalue weighted by Gasteiger charge is 2.35. The Morgan fingerprint density at radius 3 is 2.50 bits per heavy atom. The van der Waals surface area contributed by atoms with Crippen LogP contribution in [0.5, 0.6) is 0 Å². The van der Waals surface area contributed by atoms with Gasteiger partial charge in [0.2, 0.25) is 0 Å². The van der Waals surface area contributed by atoms with Gasteiger partial charge in [0.25, 0.3) is 5.91 Å². The number of fused-ring (bicyclic) bond motifs is 1. The number of ether oxygens (including phenoxy) is 1. The molecule has 2 amide bonds. The number of hydrogen-bond donors (Lipinski definition) is 2. The van der Waals surface area contributed by atoms with E-state index in [9.17, 15) is 9.59 Å². The van der Waals surface area contributed by atoms with Crippen molar-refractivity contribution in [1.29, 1.82) is 0 Å². The average Bonchev–Trinajstić information content (AvgIpc) is 2.79. The van der Waals surface area contributed by atoms with E-state index in [1.807, 2.05) is 54.6 Å². The molecule has 2 aromatic carbocycles. The maximum absolute atomic E-state index is 13.3. The van der Waals surface area contributed by atoms with E-state index >= 15 is 0 Å². The molecule has 0 aliphatic carbocycles. The van der Waals surface area contributed by atoms with E-state index in [0.717, 1.165) is 16.0 Å². The monoisotopic (exact) mass is 459 g/mol. The second-order valence-corrected chi connectivity index (χ2v) is 9.22. The van der Waals surface area contributed by atoms with Crippen LogP contribution in [0.2, 0.25) is 0 Å². The summed E-state index contributed by atoms with van der Waals surface area (Å²) in [4.78, 5) is 36.4. The molecule has 0 saturated heterocycles. The van der Waals surface area contributed by atoms with Crippen LogP contribution in [0, 0.1) is 0 Å². The molecular weight excluding hydrogens is 430 g/mol. The van der Waals surface area contributed by atoms with E-state index in [0.29, 0.717) is 42.3 Å². The Kier molecular flexibility index (Phi) is 6.49. The first-order valence-corrected chi connectivity index (χ1v) is 11.3. The highest BCUT2D eigenvalue weighted by Crippen LogP contribution is 2.27. The summed E-state index contributed by atoms with van der Waals surface area (Å²) in [6.45, 7) is 6.05. The summed E-state index contributed by atoms with van der Waals surface area (Å²) in [7, 11) is 0. The summed E-state index contributed by atoms with van der Waals surface area (Å²) in [5, 5.41) is 3.36. The molecule has 0 saturated carbocycles. The minimum Gasteiger partial charge on any atom is -0.443 e. The van der Waals surface area contributed by atoms with E-state index in [1.54, 1.807) is 20.8 Å². The summed E-state index contributed by atoms with van der Waals surface area (Å²) in [5.74, 6) is 0.560. The summed E-state index contributed by atoms with van der Waals surface area (Å²) in [6, 6.07) is 17.4. The van der Waals surface area contributed by atoms with Crippen LogP contribution in [0.1, 0.15) is 53.8 Å². The van der Waals surface area contributed by atoms with E-state index in [4.69, 9.17) is 15.5 Å². The molecule has 1 aliphatic heterocycles. The van der Waals surface area contributed by atoms with Gasteiger partial charge < -0.3 is 15.8 Å². The van der Waals surface area contributed by atoms with Crippen molar-refractivity contribution in [2.24, 2.45) is 0 Å². The van der Waals surface area contributed by atoms with Crippen molar-refractivity contribution < 1.29 is 14.3 Å². The lowest BCUT2D eigenvalue weighted by molar-refractivity contribution is 0.0231. The first-order chi connectivity index (χ1) is 16.2. The molecule has 3 aromatic rings. The molecule has 8 heteroatoms. The summed E-state index contributed by atoms with van der Waals surface area (Å²) < 4.78 is 5.43. The molecule has 8 nitrogen and oxygen atoms in total. The Morgan fingerprint density at radius 1 is 1.09 bits per heavy atom. The highest BCUT2D eigenvalue weighted by molar-refractivity contribution is 6.04. The van der Waals surface area contributed by atoms with Crippen LogP contribution < -0.4 is 11.1 Å². The Balaban J connectivity index is 1.68. The van der Waals surface area contributed by atoms with Crippen molar-refractivity contribution in [2.75, 3.05) is 17.6 Å². The number of benzene rings is 2. The number of hydrogen-bond acceptors (Lipinski definition) is 7. The molecule has 34 heavy (non-hydrogen) atoms. The zero-order valence-electron chi connectivity index (χ0n) is 19.7. The van der Waals surface area contributed by atoms with E-state index in [2.05, 4.69) is 10.3 Å². The molecule has 1 aliphatic rings. The van der Waals surface area contributed by atoms with Gasteiger partial charge in [0.05, 0.1) is 0 Å². The van der Waals surface area contributed by atoms with Crippen molar-refractivity contribution in [2.45, 2.75) is 45.8 Å². The second kappa shape index (κ2) is 9.51. The van der Waals surface area contributed by atoms with E-state index < -0.39 is 17.6 Å². The summed E-state index contributed by atoms with van der Waals surface area (Å²) in [5.41, 5.74) is 8.91. The van der Waals surface area contributed by atoms with Crippen LogP contribution in [0.3, 0.4) is 0 Å². The van der Waals surface area contributed by atoms with Gasteiger partial charge in [-0.05, 0) is 44.4 Å². The number of rotatable bonds is 5. The van der Waals surface area contributed by atoms with Crippen molar-refractivity contribution in [3.05, 3.63) is 82.8 Å². The van der Waals surface area contributed by atoms with Gasteiger partial charge in [-0.3, -0.25) is 4.79 Å². The standard InChI is InChI=1S/C26H29N5O3/c1-26(2,3)34-25(33)31-14-13-19-22(24(31)32)29-21(15-18-11-7-8-12-20(18)27)30-23(19)28-16-17-9-5-4-6-10-17/h4-12H,13-16,27H2,1-3H3,(H,28,29,30). The van der Waals surface area contributed by atoms with Gasteiger partial charge >= 0.3 is 6.09 Å². The third-order valence-electron chi connectivity index (χ3n) is 5.41. The number of aromatic nitrogens is 2. The van der Waals surface area contributed by atoms with Gasteiger partial charge in [0.15, 0.2) is 0 Å². The van der Waals surface area contributed by atoms with Gasteiger partial charge in [-0.2, -0.15) is 0 Å². The number of carbonyl (C=O) groups excluding carboxylic acids is 2. The largest absolute Gasteiger partial charge is 0.443 e. The van der Waals surface area contributed by atoms with Gasteiger partial charge in [-0.25, -0.2) is 19.7 Å². The molecule has 0 radical (unpaired) electrons. The summed E-state index contributed by atoms with van der Waals surface area (Å²) in [6.07, 6.45) is 0.125. The lowest BCUT2D eigenvalue weighted by atomic mass is 10.0.